The molecule has 96 valence electrons. The van der Waals surface area contributed by atoms with Crippen LogP contribution in [0.25, 0.3) is 0 Å². The molecule has 1 aromatic rings. The molecule has 2 atom stereocenters. The number of halogens is 2. The summed E-state index contributed by atoms with van der Waals surface area (Å²) in [5.74, 6) is 1.11. The molecule has 1 aliphatic carbocycles. The van der Waals surface area contributed by atoms with Gasteiger partial charge < -0.3 is 9.84 Å². The number of aromatic nitrogens is 2. The lowest BCUT2D eigenvalue weighted by Crippen LogP contribution is -2.38. The number of nitrogens with one attached hydrogen (secondary N) is 1. The third-order valence-electron chi connectivity index (χ3n) is 3.72. The molecule has 1 saturated heterocycles. The zero-order valence-corrected chi connectivity index (χ0v) is 10.6. The molecule has 1 N–H and O–H groups in total. The minimum absolute atomic E-state index is 0. The van der Waals surface area contributed by atoms with Crippen molar-refractivity contribution in [1.29, 1.82) is 0 Å². The molecule has 1 saturated carbocycles. The summed E-state index contributed by atoms with van der Waals surface area (Å²) in [6, 6.07) is 0. The molecule has 1 aromatic heterocycles. The Morgan fingerprint density at radius 2 is 2.06 bits per heavy atom. The van der Waals surface area contributed by atoms with Gasteiger partial charge in [-0.1, -0.05) is 12.1 Å². The van der Waals surface area contributed by atoms with E-state index in [1.165, 1.54) is 0 Å². The maximum Gasteiger partial charge on any atom is 0.232 e. The molecule has 2 heterocycles. The minimum atomic E-state index is -0.769. The van der Waals surface area contributed by atoms with E-state index in [1.54, 1.807) is 0 Å². The third-order valence-corrected chi connectivity index (χ3v) is 3.72. The zero-order chi connectivity index (χ0) is 11.2. The first-order valence-electron chi connectivity index (χ1n) is 5.88. The van der Waals surface area contributed by atoms with Gasteiger partial charge in [-0.2, -0.15) is 4.98 Å². The number of alkyl halides is 1. The fourth-order valence-electron chi connectivity index (χ4n) is 2.25. The maximum absolute atomic E-state index is 12.9. The van der Waals surface area contributed by atoms with Crippen LogP contribution in [0.5, 0.6) is 0 Å². The van der Waals surface area contributed by atoms with Crippen molar-refractivity contribution >= 4 is 12.4 Å². The van der Waals surface area contributed by atoms with Crippen LogP contribution in [0.1, 0.15) is 43.8 Å². The molecule has 17 heavy (non-hydrogen) atoms. The van der Waals surface area contributed by atoms with Gasteiger partial charge in [-0.15, -0.1) is 12.4 Å². The van der Waals surface area contributed by atoms with E-state index in [0.717, 1.165) is 31.8 Å². The second-order valence-electron chi connectivity index (χ2n) is 5.13. The van der Waals surface area contributed by atoms with Crippen LogP contribution in [0.2, 0.25) is 0 Å². The van der Waals surface area contributed by atoms with E-state index < -0.39 is 6.17 Å². The fourth-order valence-corrected chi connectivity index (χ4v) is 2.25. The first-order chi connectivity index (χ1) is 7.69. The number of nitrogens with zero attached hydrogens (tertiary/aromatic N) is 2. The first-order valence-corrected chi connectivity index (χ1v) is 5.88. The number of piperidine rings is 1. The molecule has 1 unspecified atom stereocenters. The summed E-state index contributed by atoms with van der Waals surface area (Å²) in [6.45, 7) is 4.12. The maximum atomic E-state index is 12.9. The number of rotatable bonds is 2. The summed E-state index contributed by atoms with van der Waals surface area (Å²) in [7, 11) is 0. The van der Waals surface area contributed by atoms with Gasteiger partial charge in [0.2, 0.25) is 5.89 Å². The normalized spacial score (nSPS) is 30.7. The highest BCUT2D eigenvalue weighted by molar-refractivity contribution is 5.85. The van der Waals surface area contributed by atoms with Crippen molar-refractivity contribution in [2.75, 3.05) is 13.1 Å². The van der Waals surface area contributed by atoms with E-state index in [9.17, 15) is 4.39 Å². The lowest BCUT2D eigenvalue weighted by molar-refractivity contribution is 0.298. The highest BCUT2D eigenvalue weighted by Gasteiger charge is 2.44. The van der Waals surface area contributed by atoms with Crippen LogP contribution in [0.15, 0.2) is 4.52 Å². The summed E-state index contributed by atoms with van der Waals surface area (Å²) in [4.78, 5) is 4.37. The zero-order valence-electron chi connectivity index (χ0n) is 9.78. The SMILES string of the molecule is CC1(c2noc(C3C[C@@H]3F)n2)CCNCC1.Cl. The quantitative estimate of drug-likeness (QED) is 0.884. The molecule has 1 aliphatic heterocycles. The van der Waals surface area contributed by atoms with Gasteiger partial charge in [0, 0.05) is 5.41 Å². The predicted octanol–water partition coefficient (Wildman–Crippen LogP) is 1.96. The van der Waals surface area contributed by atoms with E-state index in [-0.39, 0.29) is 23.7 Å². The van der Waals surface area contributed by atoms with Crippen molar-refractivity contribution in [1.82, 2.24) is 15.5 Å². The third kappa shape index (κ3) is 2.31. The summed E-state index contributed by atoms with van der Waals surface area (Å²) in [5.41, 5.74) is -0.00625. The summed E-state index contributed by atoms with van der Waals surface area (Å²) in [5, 5.41) is 7.34. The van der Waals surface area contributed by atoms with Gasteiger partial charge in [-0.25, -0.2) is 4.39 Å². The summed E-state index contributed by atoms with van der Waals surface area (Å²) < 4.78 is 18.0. The van der Waals surface area contributed by atoms with Crippen LogP contribution in [0, 0.1) is 0 Å². The minimum Gasteiger partial charge on any atom is -0.339 e. The van der Waals surface area contributed by atoms with Crippen molar-refractivity contribution < 1.29 is 8.91 Å². The molecular weight excluding hydrogens is 245 g/mol. The molecule has 4 nitrogen and oxygen atoms in total. The van der Waals surface area contributed by atoms with Gasteiger partial charge in [0.25, 0.3) is 0 Å². The van der Waals surface area contributed by atoms with Crippen LogP contribution in [-0.4, -0.2) is 29.4 Å². The van der Waals surface area contributed by atoms with Crippen LogP contribution in [0.3, 0.4) is 0 Å². The highest BCUT2D eigenvalue weighted by atomic mass is 35.5. The Labute approximate surface area is 106 Å². The molecule has 0 bridgehead atoms. The highest BCUT2D eigenvalue weighted by Crippen LogP contribution is 2.43. The van der Waals surface area contributed by atoms with Crippen LogP contribution in [-0.2, 0) is 5.41 Å². The smallest absolute Gasteiger partial charge is 0.232 e. The van der Waals surface area contributed by atoms with Gasteiger partial charge in [-0.3, -0.25) is 0 Å². The molecule has 3 rings (SSSR count). The Morgan fingerprint density at radius 3 is 2.65 bits per heavy atom. The standard InChI is InChI=1S/C11H16FN3O.ClH/c1-11(2-4-13-5-3-11)10-14-9(16-15-10)7-6-8(7)12;/h7-8,13H,2-6H2,1H3;1H/t7?,8-;/m0./s1. The Morgan fingerprint density at radius 1 is 1.41 bits per heavy atom. The Balaban J connectivity index is 0.00000108. The average Bonchev–Trinajstić information content (AvgIpc) is 2.82. The molecule has 0 amide bonds. The topological polar surface area (TPSA) is 51.0 Å². The van der Waals surface area contributed by atoms with E-state index >= 15 is 0 Å². The van der Waals surface area contributed by atoms with E-state index in [1.807, 2.05) is 0 Å². The summed E-state index contributed by atoms with van der Waals surface area (Å²) >= 11 is 0. The lowest BCUT2D eigenvalue weighted by Gasteiger charge is -2.30. The van der Waals surface area contributed by atoms with Gasteiger partial charge in [0.05, 0.1) is 5.92 Å². The van der Waals surface area contributed by atoms with Crippen molar-refractivity contribution in [2.45, 2.75) is 43.7 Å². The second kappa shape index (κ2) is 4.53. The van der Waals surface area contributed by atoms with Crippen molar-refractivity contribution in [3.8, 4) is 0 Å². The molecular formula is C11H17ClFN3O. The number of hydrogen-bond acceptors (Lipinski definition) is 4. The second-order valence-corrected chi connectivity index (χ2v) is 5.13. The Bertz CT molecular complexity index is 392. The largest absolute Gasteiger partial charge is 0.339 e. The molecule has 0 aromatic carbocycles. The number of hydrogen-bond donors (Lipinski definition) is 1. The van der Waals surface area contributed by atoms with Gasteiger partial charge in [0.15, 0.2) is 5.82 Å². The Kier molecular flexibility index (Phi) is 3.41. The molecule has 0 spiro atoms. The Hall–Kier alpha value is -0.680. The van der Waals surface area contributed by atoms with Crippen molar-refractivity contribution in [3.63, 3.8) is 0 Å². The average molecular weight is 262 g/mol. The lowest BCUT2D eigenvalue weighted by atomic mass is 9.80. The van der Waals surface area contributed by atoms with E-state index in [4.69, 9.17) is 4.52 Å². The first kappa shape index (κ1) is 12.8. The van der Waals surface area contributed by atoms with Gasteiger partial charge in [0.1, 0.15) is 6.17 Å². The molecule has 6 heteroatoms. The van der Waals surface area contributed by atoms with Crippen molar-refractivity contribution in [2.24, 2.45) is 0 Å². The van der Waals surface area contributed by atoms with Crippen molar-refractivity contribution in [3.05, 3.63) is 11.7 Å². The van der Waals surface area contributed by atoms with Crippen LogP contribution >= 0.6 is 12.4 Å². The monoisotopic (exact) mass is 261 g/mol. The molecule has 2 fully saturated rings. The predicted molar refractivity (Wildman–Crippen MR) is 63.3 cm³/mol. The van der Waals surface area contributed by atoms with Crippen LogP contribution in [0.4, 0.5) is 4.39 Å². The molecule has 0 radical (unpaired) electrons. The van der Waals surface area contributed by atoms with Gasteiger partial charge in [-0.05, 0) is 32.4 Å². The van der Waals surface area contributed by atoms with Crippen LogP contribution < -0.4 is 5.32 Å². The van der Waals surface area contributed by atoms with Gasteiger partial charge >= 0.3 is 0 Å². The van der Waals surface area contributed by atoms with E-state index in [2.05, 4.69) is 22.4 Å². The fraction of sp³-hybridized carbons (Fsp3) is 0.818. The van der Waals surface area contributed by atoms with E-state index in [0.29, 0.717) is 12.3 Å². The molecule has 2 aliphatic rings. The summed E-state index contributed by atoms with van der Waals surface area (Å²) in [6.07, 6.45) is 1.79.